The lowest BCUT2D eigenvalue weighted by Crippen LogP contribution is -2.45. The summed E-state index contributed by atoms with van der Waals surface area (Å²) in [5.41, 5.74) is 0.211. The van der Waals surface area contributed by atoms with Gasteiger partial charge in [-0.25, -0.2) is 4.52 Å². The van der Waals surface area contributed by atoms with Crippen molar-refractivity contribution in [1.82, 2.24) is 19.9 Å². The second kappa shape index (κ2) is 6.42. The van der Waals surface area contributed by atoms with Crippen molar-refractivity contribution >= 4 is 11.6 Å². The largest absolute Gasteiger partial charge is 0.458 e. The Balaban J connectivity index is 1.56. The van der Waals surface area contributed by atoms with Crippen LogP contribution in [0.1, 0.15) is 12.8 Å². The van der Waals surface area contributed by atoms with E-state index >= 15 is 0 Å². The Kier molecular flexibility index (Phi) is 4.22. The highest BCUT2D eigenvalue weighted by Crippen LogP contribution is 2.35. The minimum atomic E-state index is -5.08. The Morgan fingerprint density at radius 1 is 1.31 bits per heavy atom. The molecule has 3 heterocycles. The van der Waals surface area contributed by atoms with Crippen LogP contribution in [0.4, 0.5) is 23.5 Å². The lowest BCUT2D eigenvalue weighted by Gasteiger charge is -2.30. The number of aromatic nitrogens is 3. The van der Waals surface area contributed by atoms with E-state index in [2.05, 4.69) is 20.7 Å². The zero-order chi connectivity index (χ0) is 18.3. The van der Waals surface area contributed by atoms with Crippen molar-refractivity contribution in [3.63, 3.8) is 0 Å². The first-order chi connectivity index (χ1) is 12.4. The van der Waals surface area contributed by atoms with Crippen molar-refractivity contribution in [2.75, 3.05) is 18.4 Å². The van der Waals surface area contributed by atoms with Crippen molar-refractivity contribution < 1.29 is 22.3 Å². The van der Waals surface area contributed by atoms with Crippen molar-refractivity contribution in [3.8, 4) is 5.75 Å². The predicted octanol–water partition coefficient (Wildman–Crippen LogP) is 2.89. The molecule has 0 spiro atoms. The van der Waals surface area contributed by atoms with E-state index in [1.807, 2.05) is 0 Å². The number of nitrogens with one attached hydrogen (secondary N) is 2. The third-order valence-corrected chi connectivity index (χ3v) is 4.92. The van der Waals surface area contributed by atoms with Crippen LogP contribution >= 0.6 is 0 Å². The molecule has 2 bridgehead atoms. The van der Waals surface area contributed by atoms with E-state index in [0.29, 0.717) is 17.8 Å². The van der Waals surface area contributed by atoms with Crippen LogP contribution in [-0.4, -0.2) is 39.9 Å². The molecule has 2 fully saturated rings. The first-order valence-electron chi connectivity index (χ1n) is 8.34. The molecule has 140 valence electrons. The van der Waals surface area contributed by atoms with Gasteiger partial charge in [0.15, 0.2) is 11.4 Å². The second-order valence-corrected chi connectivity index (χ2v) is 6.58. The van der Waals surface area contributed by atoms with Gasteiger partial charge in [-0.3, -0.25) is 0 Å². The summed E-state index contributed by atoms with van der Waals surface area (Å²) in [4.78, 5) is 4.31. The van der Waals surface area contributed by atoms with Crippen molar-refractivity contribution in [1.29, 1.82) is 0 Å². The maximum atomic E-state index is 13.0. The summed E-state index contributed by atoms with van der Waals surface area (Å²) in [7, 11) is 0. The molecule has 1 aliphatic carbocycles. The third kappa shape index (κ3) is 3.20. The van der Waals surface area contributed by atoms with Crippen LogP contribution < -0.4 is 15.4 Å². The molecule has 1 saturated carbocycles. The van der Waals surface area contributed by atoms with Crippen LogP contribution in [-0.2, 0) is 0 Å². The molecule has 2 atom stereocenters. The number of alkyl halides is 3. The lowest BCUT2D eigenvalue weighted by atomic mass is 9.94. The Bertz CT molecular complexity index is 818. The smallest absolute Gasteiger partial charge is 0.446 e. The molecule has 2 N–H and O–H groups in total. The van der Waals surface area contributed by atoms with Gasteiger partial charge in [0, 0.05) is 12.2 Å². The van der Waals surface area contributed by atoms with Crippen LogP contribution in [0.3, 0.4) is 0 Å². The number of rotatable bonds is 4. The van der Waals surface area contributed by atoms with Crippen LogP contribution in [0.5, 0.6) is 5.75 Å². The molecule has 2 unspecified atom stereocenters. The molecule has 4 rings (SSSR count). The molecule has 0 amide bonds. The molecule has 26 heavy (non-hydrogen) atoms. The zero-order valence-corrected chi connectivity index (χ0v) is 13.6. The number of fused-ring (bicyclic) bond motifs is 3. The molecule has 1 saturated heterocycles. The Morgan fingerprint density at radius 2 is 2.04 bits per heavy atom. The van der Waals surface area contributed by atoms with Gasteiger partial charge in [-0.1, -0.05) is 0 Å². The number of piperidine rings is 1. The molecular weight excluding hydrogens is 354 g/mol. The molecule has 0 radical (unpaired) electrons. The minimum absolute atomic E-state index is 0.0132. The molecule has 2 aromatic rings. The van der Waals surface area contributed by atoms with E-state index in [-0.39, 0.29) is 23.7 Å². The quantitative estimate of drug-likeness (QED) is 0.639. The summed E-state index contributed by atoms with van der Waals surface area (Å²) >= 11 is 0. The van der Waals surface area contributed by atoms with Gasteiger partial charge in [-0.05, 0) is 49.9 Å². The maximum absolute atomic E-state index is 13.0. The SMILES string of the molecule is F/C(=C\Oc1cccn2nc(NC3C4CCC3CNC4)nc12)C(F)(F)F. The fraction of sp³-hybridized carbons (Fsp3) is 0.500. The van der Waals surface area contributed by atoms with Crippen LogP contribution in [0.2, 0.25) is 0 Å². The first-order valence-corrected chi connectivity index (χ1v) is 8.34. The van der Waals surface area contributed by atoms with E-state index in [4.69, 9.17) is 4.74 Å². The van der Waals surface area contributed by atoms with Gasteiger partial charge in [0.05, 0.1) is 0 Å². The fourth-order valence-electron chi connectivity index (χ4n) is 3.69. The standard InChI is InChI=1S/C16H17F4N5O/c17-12(16(18,19)20)8-26-11-2-1-5-25-14(11)23-15(24-25)22-13-9-3-4-10(13)7-21-6-9/h1-2,5,8-10,13,21H,3-4,6-7H2,(H,22,24)/b12-8-. The number of anilines is 1. The van der Waals surface area contributed by atoms with Gasteiger partial charge < -0.3 is 15.4 Å². The summed E-state index contributed by atoms with van der Waals surface area (Å²) in [5.74, 6) is -0.950. The topological polar surface area (TPSA) is 63.5 Å². The number of nitrogens with zero attached hydrogens (tertiary/aromatic N) is 3. The van der Waals surface area contributed by atoms with Gasteiger partial charge in [-0.15, -0.1) is 5.10 Å². The number of allylic oxidation sites excluding steroid dienone is 1. The minimum Gasteiger partial charge on any atom is -0.458 e. The normalized spacial score (nSPS) is 26.3. The summed E-state index contributed by atoms with van der Waals surface area (Å²) in [6.45, 7) is 1.88. The van der Waals surface area contributed by atoms with Crippen molar-refractivity contribution in [2.24, 2.45) is 11.8 Å². The van der Waals surface area contributed by atoms with E-state index in [0.717, 1.165) is 25.9 Å². The van der Waals surface area contributed by atoms with Crippen LogP contribution in [0.15, 0.2) is 30.4 Å². The van der Waals surface area contributed by atoms with Gasteiger partial charge in [0.1, 0.15) is 6.26 Å². The Hall–Kier alpha value is -2.36. The second-order valence-electron chi connectivity index (χ2n) is 6.58. The summed E-state index contributed by atoms with van der Waals surface area (Å²) in [5, 5.41) is 11.0. The Morgan fingerprint density at radius 3 is 2.73 bits per heavy atom. The van der Waals surface area contributed by atoms with Gasteiger partial charge >= 0.3 is 6.18 Å². The van der Waals surface area contributed by atoms with E-state index in [1.54, 1.807) is 6.20 Å². The van der Waals surface area contributed by atoms with Gasteiger partial charge in [0.2, 0.25) is 11.8 Å². The molecule has 10 heteroatoms. The highest BCUT2D eigenvalue weighted by Gasteiger charge is 2.39. The molecule has 2 aromatic heterocycles. The average Bonchev–Trinajstić information content (AvgIpc) is 3.08. The van der Waals surface area contributed by atoms with E-state index in [9.17, 15) is 17.6 Å². The number of pyridine rings is 1. The van der Waals surface area contributed by atoms with Gasteiger partial charge in [0.25, 0.3) is 0 Å². The van der Waals surface area contributed by atoms with Crippen molar-refractivity contribution in [2.45, 2.75) is 25.1 Å². The third-order valence-electron chi connectivity index (χ3n) is 4.92. The van der Waals surface area contributed by atoms with E-state index in [1.165, 1.54) is 16.6 Å². The maximum Gasteiger partial charge on any atom is 0.446 e. The molecule has 6 nitrogen and oxygen atoms in total. The van der Waals surface area contributed by atoms with E-state index < -0.39 is 12.0 Å². The molecule has 0 aromatic carbocycles. The zero-order valence-electron chi connectivity index (χ0n) is 13.6. The Labute approximate surface area is 146 Å². The lowest BCUT2D eigenvalue weighted by molar-refractivity contribution is -0.110. The first kappa shape index (κ1) is 17.1. The fourth-order valence-corrected chi connectivity index (χ4v) is 3.69. The molecular formula is C16H17F4N5O. The molecule has 2 aliphatic rings. The van der Waals surface area contributed by atoms with Crippen molar-refractivity contribution in [3.05, 3.63) is 30.4 Å². The number of hydrogen-bond donors (Lipinski definition) is 2. The summed E-state index contributed by atoms with van der Waals surface area (Å²) in [6.07, 6.45) is -1.18. The molecule has 1 aliphatic heterocycles. The summed E-state index contributed by atoms with van der Waals surface area (Å²) < 4.78 is 55.9. The van der Waals surface area contributed by atoms with Crippen LogP contribution in [0.25, 0.3) is 5.65 Å². The van der Waals surface area contributed by atoms with Gasteiger partial charge in [-0.2, -0.15) is 22.5 Å². The summed E-state index contributed by atoms with van der Waals surface area (Å²) in [6, 6.07) is 3.21. The average molecular weight is 371 g/mol. The highest BCUT2D eigenvalue weighted by molar-refractivity contribution is 5.56. The number of ether oxygens (including phenoxy) is 1. The number of hydrogen-bond acceptors (Lipinski definition) is 5. The monoisotopic (exact) mass is 371 g/mol. The highest BCUT2D eigenvalue weighted by atomic mass is 19.4. The predicted molar refractivity (Wildman–Crippen MR) is 85.4 cm³/mol. The number of halogens is 4. The van der Waals surface area contributed by atoms with Crippen LogP contribution in [0, 0.1) is 11.8 Å².